The molecule has 1 N–H and O–H groups in total. The summed E-state index contributed by atoms with van der Waals surface area (Å²) in [6.45, 7) is 1.98. The van der Waals surface area contributed by atoms with Crippen molar-refractivity contribution in [2.75, 3.05) is 0 Å². The predicted octanol–water partition coefficient (Wildman–Crippen LogP) is 3.85. The van der Waals surface area contributed by atoms with Gasteiger partial charge in [-0.2, -0.15) is 0 Å². The fourth-order valence-electron chi connectivity index (χ4n) is 0.758. The zero-order chi connectivity index (χ0) is 11.7. The first-order valence-electron chi connectivity index (χ1n) is 4.69. The Hall–Kier alpha value is -0.900. The molecule has 1 aromatic carbocycles. The first-order chi connectivity index (χ1) is 7.06. The third kappa shape index (κ3) is 9.41. The lowest BCUT2D eigenvalue weighted by atomic mass is 10.3. The van der Waals surface area contributed by atoms with Gasteiger partial charge < -0.3 is 5.11 Å². The number of rotatable bonds is 3. The van der Waals surface area contributed by atoms with Crippen LogP contribution in [0.3, 0.4) is 0 Å². The highest BCUT2D eigenvalue weighted by molar-refractivity contribution is 9.10. The van der Waals surface area contributed by atoms with Crippen molar-refractivity contribution in [2.24, 2.45) is 0 Å². The highest BCUT2D eigenvalue weighted by atomic mass is 79.9. The van der Waals surface area contributed by atoms with E-state index in [9.17, 15) is 9.18 Å². The van der Waals surface area contributed by atoms with Crippen LogP contribution in [0.4, 0.5) is 4.39 Å². The Morgan fingerprint density at radius 1 is 1.40 bits per heavy atom. The van der Waals surface area contributed by atoms with Gasteiger partial charge in [-0.25, -0.2) is 4.39 Å². The highest BCUT2D eigenvalue weighted by Gasteiger charge is 1.90. The zero-order valence-electron chi connectivity index (χ0n) is 8.54. The van der Waals surface area contributed by atoms with E-state index in [0.29, 0.717) is 6.42 Å². The number of hydrogen-bond acceptors (Lipinski definition) is 1. The van der Waals surface area contributed by atoms with Gasteiger partial charge in [0, 0.05) is 10.9 Å². The fourth-order valence-corrected chi connectivity index (χ4v) is 1.02. The van der Waals surface area contributed by atoms with Crippen molar-refractivity contribution in [3.63, 3.8) is 0 Å². The van der Waals surface area contributed by atoms with Gasteiger partial charge in [-0.05, 0) is 30.7 Å². The van der Waals surface area contributed by atoms with Gasteiger partial charge in [0.1, 0.15) is 5.82 Å². The van der Waals surface area contributed by atoms with Gasteiger partial charge in [0.25, 0.3) is 0 Å². The molecule has 1 aromatic rings. The van der Waals surface area contributed by atoms with E-state index < -0.39 is 5.97 Å². The Bertz CT molecular complexity index is 264. The highest BCUT2D eigenvalue weighted by Crippen LogP contribution is 2.08. The van der Waals surface area contributed by atoms with Crippen molar-refractivity contribution in [1.29, 1.82) is 0 Å². The second-order valence-electron chi connectivity index (χ2n) is 2.93. The monoisotopic (exact) mass is 276 g/mol. The molecular weight excluding hydrogens is 263 g/mol. The lowest BCUT2D eigenvalue weighted by Gasteiger charge is -1.85. The molecule has 0 amide bonds. The average molecular weight is 277 g/mol. The Morgan fingerprint density at radius 2 is 1.93 bits per heavy atom. The maximum atomic E-state index is 12.1. The normalized spacial score (nSPS) is 9.00. The van der Waals surface area contributed by atoms with Crippen LogP contribution in [0.15, 0.2) is 28.7 Å². The molecule has 0 atom stereocenters. The third-order valence-corrected chi connectivity index (χ3v) is 2.08. The summed E-state index contributed by atoms with van der Waals surface area (Å²) in [5, 5.41) is 8.04. The van der Waals surface area contributed by atoms with Gasteiger partial charge in [0.2, 0.25) is 0 Å². The summed E-state index contributed by atoms with van der Waals surface area (Å²) in [6, 6.07) is 6.14. The number of carbonyl (C=O) groups is 1. The van der Waals surface area contributed by atoms with Gasteiger partial charge in [-0.3, -0.25) is 4.79 Å². The number of hydrogen-bond donors (Lipinski definition) is 1. The fraction of sp³-hybridized carbons (Fsp3) is 0.364. The molecule has 0 fully saturated rings. The molecule has 0 saturated heterocycles. The van der Waals surface area contributed by atoms with Gasteiger partial charge >= 0.3 is 5.97 Å². The molecule has 1 rings (SSSR count). The zero-order valence-corrected chi connectivity index (χ0v) is 10.1. The second-order valence-corrected chi connectivity index (χ2v) is 3.85. The van der Waals surface area contributed by atoms with Crippen LogP contribution in [0.25, 0.3) is 0 Å². The van der Waals surface area contributed by atoms with Gasteiger partial charge in [0.05, 0.1) is 0 Å². The summed E-state index contributed by atoms with van der Waals surface area (Å²) >= 11 is 3.18. The Balaban J connectivity index is 0.000000265. The molecule has 0 aromatic heterocycles. The predicted molar refractivity (Wildman–Crippen MR) is 61.3 cm³/mol. The number of aliphatic carboxylic acids is 1. The number of unbranched alkanes of at least 4 members (excludes halogenated alkanes) is 1. The molecule has 0 bridgehead atoms. The van der Waals surface area contributed by atoms with Crippen LogP contribution in [0.1, 0.15) is 26.2 Å². The van der Waals surface area contributed by atoms with E-state index in [1.54, 1.807) is 12.1 Å². The van der Waals surface area contributed by atoms with Crippen LogP contribution >= 0.6 is 15.9 Å². The number of carboxylic acids is 1. The Kier molecular flexibility index (Phi) is 7.91. The molecule has 4 heteroatoms. The van der Waals surface area contributed by atoms with Crippen molar-refractivity contribution < 1.29 is 14.3 Å². The molecule has 0 saturated carbocycles. The van der Waals surface area contributed by atoms with Crippen molar-refractivity contribution in [3.05, 3.63) is 34.6 Å². The summed E-state index contributed by atoms with van der Waals surface area (Å²) in [5.74, 6) is -0.893. The Morgan fingerprint density at radius 3 is 2.20 bits per heavy atom. The van der Waals surface area contributed by atoms with Crippen LogP contribution in [0.2, 0.25) is 0 Å². The SMILES string of the molecule is CCCCC(=O)O.Fc1ccc(Br)cc1. The smallest absolute Gasteiger partial charge is 0.303 e. The largest absolute Gasteiger partial charge is 0.481 e. The molecule has 0 radical (unpaired) electrons. The van der Waals surface area contributed by atoms with E-state index in [1.165, 1.54) is 12.1 Å². The van der Waals surface area contributed by atoms with Crippen LogP contribution < -0.4 is 0 Å². The summed E-state index contributed by atoms with van der Waals surface area (Å²) in [7, 11) is 0. The molecular formula is C11H14BrFO2. The third-order valence-electron chi connectivity index (χ3n) is 1.55. The molecule has 0 aliphatic carbocycles. The van der Waals surface area contributed by atoms with Crippen LogP contribution in [-0.4, -0.2) is 11.1 Å². The molecule has 0 unspecified atom stereocenters. The van der Waals surface area contributed by atoms with Crippen molar-refractivity contribution >= 4 is 21.9 Å². The van der Waals surface area contributed by atoms with Gasteiger partial charge in [-0.15, -0.1) is 0 Å². The second kappa shape index (κ2) is 8.41. The van der Waals surface area contributed by atoms with Crippen LogP contribution in [0.5, 0.6) is 0 Å². The van der Waals surface area contributed by atoms with E-state index in [1.807, 2.05) is 6.92 Å². The summed E-state index contributed by atoms with van der Waals surface area (Å²) in [6.07, 6.45) is 2.08. The number of halogens is 2. The van der Waals surface area contributed by atoms with Gasteiger partial charge in [-0.1, -0.05) is 29.3 Å². The lowest BCUT2D eigenvalue weighted by molar-refractivity contribution is -0.137. The van der Waals surface area contributed by atoms with E-state index in [0.717, 1.165) is 17.3 Å². The van der Waals surface area contributed by atoms with Crippen molar-refractivity contribution in [1.82, 2.24) is 0 Å². The minimum Gasteiger partial charge on any atom is -0.481 e. The first-order valence-corrected chi connectivity index (χ1v) is 5.48. The van der Waals surface area contributed by atoms with E-state index in [-0.39, 0.29) is 5.82 Å². The van der Waals surface area contributed by atoms with E-state index in [2.05, 4.69) is 15.9 Å². The van der Waals surface area contributed by atoms with Crippen molar-refractivity contribution in [2.45, 2.75) is 26.2 Å². The summed E-state index contributed by atoms with van der Waals surface area (Å²) < 4.78 is 13.0. The van der Waals surface area contributed by atoms with Crippen LogP contribution in [-0.2, 0) is 4.79 Å². The molecule has 2 nitrogen and oxygen atoms in total. The van der Waals surface area contributed by atoms with Gasteiger partial charge in [0.15, 0.2) is 0 Å². The van der Waals surface area contributed by atoms with Crippen molar-refractivity contribution in [3.8, 4) is 0 Å². The quantitative estimate of drug-likeness (QED) is 0.911. The standard InChI is InChI=1S/C6H4BrF.C5H10O2/c7-5-1-3-6(8)4-2-5;1-2-3-4-5(6)7/h1-4H;2-4H2,1H3,(H,6,7). The first kappa shape index (κ1) is 14.1. The molecule has 84 valence electrons. The number of benzene rings is 1. The molecule has 0 aliphatic heterocycles. The Labute approximate surface area is 97.3 Å². The van der Waals surface area contributed by atoms with Crippen LogP contribution in [0, 0.1) is 5.82 Å². The van der Waals surface area contributed by atoms with E-state index >= 15 is 0 Å². The average Bonchev–Trinajstić information content (AvgIpc) is 2.20. The summed E-state index contributed by atoms with van der Waals surface area (Å²) in [4.78, 5) is 9.76. The molecule has 0 aliphatic rings. The summed E-state index contributed by atoms with van der Waals surface area (Å²) in [5.41, 5.74) is 0. The minimum absolute atomic E-state index is 0.201. The topological polar surface area (TPSA) is 37.3 Å². The lowest BCUT2D eigenvalue weighted by Crippen LogP contribution is -1.91. The maximum Gasteiger partial charge on any atom is 0.303 e. The maximum absolute atomic E-state index is 12.1. The molecule has 0 spiro atoms. The number of carboxylic acid groups (broad SMARTS) is 1. The van der Waals surface area contributed by atoms with E-state index in [4.69, 9.17) is 5.11 Å². The molecule has 0 heterocycles. The molecule has 15 heavy (non-hydrogen) atoms. The minimum atomic E-state index is -0.693.